The lowest BCUT2D eigenvalue weighted by Gasteiger charge is -2.35. The second kappa shape index (κ2) is 7.47. The summed E-state index contributed by atoms with van der Waals surface area (Å²) in [5, 5.41) is 14.7. The number of amides is 2. The monoisotopic (exact) mass is 285 g/mol. The van der Waals surface area contributed by atoms with Crippen LogP contribution in [0, 0.1) is 17.8 Å². The van der Waals surface area contributed by atoms with Crippen LogP contribution in [0.4, 0.5) is 4.79 Å². The van der Waals surface area contributed by atoms with Crippen molar-refractivity contribution in [2.45, 2.75) is 33.2 Å². The summed E-state index contributed by atoms with van der Waals surface area (Å²) in [6.45, 7) is 7.91. The van der Waals surface area contributed by atoms with Gasteiger partial charge in [0.05, 0.1) is 5.92 Å². The zero-order valence-electron chi connectivity index (χ0n) is 12.8. The van der Waals surface area contributed by atoms with Gasteiger partial charge in [0.15, 0.2) is 0 Å². The largest absolute Gasteiger partial charge is 0.481 e. The first kappa shape index (κ1) is 16.8. The summed E-state index contributed by atoms with van der Waals surface area (Å²) in [6, 6.07) is -0.105. The van der Waals surface area contributed by atoms with Gasteiger partial charge in [-0.15, -0.1) is 0 Å². The fourth-order valence-electron chi connectivity index (χ4n) is 2.60. The van der Waals surface area contributed by atoms with Crippen LogP contribution in [-0.4, -0.2) is 54.7 Å². The summed E-state index contributed by atoms with van der Waals surface area (Å²) >= 11 is 0. The molecule has 1 aliphatic heterocycles. The number of rotatable bonds is 5. The third kappa shape index (κ3) is 5.00. The Balaban J connectivity index is 2.38. The van der Waals surface area contributed by atoms with Gasteiger partial charge in [-0.25, -0.2) is 4.79 Å². The minimum absolute atomic E-state index is 0.00458. The number of urea groups is 1. The molecule has 0 aliphatic carbocycles. The molecule has 0 radical (unpaired) electrons. The molecule has 1 saturated heterocycles. The highest BCUT2D eigenvalue weighted by atomic mass is 16.4. The summed E-state index contributed by atoms with van der Waals surface area (Å²) in [4.78, 5) is 25.2. The summed E-state index contributed by atoms with van der Waals surface area (Å²) in [5.74, 6) is -1.02. The Hall–Kier alpha value is -1.30. The van der Waals surface area contributed by atoms with E-state index in [4.69, 9.17) is 5.11 Å². The minimum atomic E-state index is -0.868. The van der Waals surface area contributed by atoms with Crippen molar-refractivity contribution in [3.05, 3.63) is 0 Å². The van der Waals surface area contributed by atoms with Gasteiger partial charge in [0, 0.05) is 19.1 Å². The number of nitrogens with zero attached hydrogens (tertiary/aromatic N) is 1. The average Bonchev–Trinajstić information content (AvgIpc) is 2.32. The van der Waals surface area contributed by atoms with E-state index in [2.05, 4.69) is 29.5 Å². The van der Waals surface area contributed by atoms with Crippen molar-refractivity contribution in [1.29, 1.82) is 0 Å². The van der Waals surface area contributed by atoms with Crippen molar-refractivity contribution in [1.82, 2.24) is 15.5 Å². The number of aliphatic carboxylic acids is 1. The number of carboxylic acids is 1. The van der Waals surface area contributed by atoms with Crippen LogP contribution in [-0.2, 0) is 4.79 Å². The highest BCUT2D eigenvalue weighted by Gasteiger charge is 2.26. The molecule has 6 heteroatoms. The molecule has 0 aromatic heterocycles. The van der Waals surface area contributed by atoms with Crippen LogP contribution in [0.15, 0.2) is 0 Å². The Bertz CT molecular complexity index is 347. The normalized spacial score (nSPS) is 25.2. The first-order chi connectivity index (χ1) is 9.31. The standard InChI is InChI=1S/C14H27N3O3/c1-9(2)11(13(18)19)7-15-14(20)16-12-5-6-17(4)8-10(12)3/h9-12H,5-8H2,1-4H3,(H,18,19)(H2,15,16,20). The van der Waals surface area contributed by atoms with E-state index in [1.165, 1.54) is 0 Å². The van der Waals surface area contributed by atoms with Gasteiger partial charge >= 0.3 is 12.0 Å². The zero-order chi connectivity index (χ0) is 15.3. The number of nitrogens with one attached hydrogen (secondary N) is 2. The maximum absolute atomic E-state index is 11.9. The number of carbonyl (C=O) groups excluding carboxylic acids is 1. The van der Waals surface area contributed by atoms with E-state index >= 15 is 0 Å². The molecule has 116 valence electrons. The molecule has 3 unspecified atom stereocenters. The number of piperidine rings is 1. The molecule has 1 aliphatic rings. The van der Waals surface area contributed by atoms with Gasteiger partial charge in [0.1, 0.15) is 0 Å². The quantitative estimate of drug-likeness (QED) is 0.703. The Kier molecular flexibility index (Phi) is 6.26. The zero-order valence-corrected chi connectivity index (χ0v) is 12.8. The molecule has 0 aromatic rings. The lowest BCUT2D eigenvalue weighted by Crippen LogP contribution is -2.52. The van der Waals surface area contributed by atoms with E-state index in [0.29, 0.717) is 5.92 Å². The lowest BCUT2D eigenvalue weighted by atomic mass is 9.94. The molecule has 0 bridgehead atoms. The Morgan fingerprint density at radius 3 is 2.55 bits per heavy atom. The van der Waals surface area contributed by atoms with Crippen LogP contribution in [0.5, 0.6) is 0 Å². The van der Waals surface area contributed by atoms with Gasteiger partial charge < -0.3 is 20.6 Å². The maximum atomic E-state index is 11.9. The molecular weight excluding hydrogens is 258 g/mol. The van der Waals surface area contributed by atoms with Crippen molar-refractivity contribution in [2.75, 3.05) is 26.7 Å². The third-order valence-corrected chi connectivity index (χ3v) is 4.03. The summed E-state index contributed by atoms with van der Waals surface area (Å²) in [5.41, 5.74) is 0. The van der Waals surface area contributed by atoms with E-state index < -0.39 is 11.9 Å². The van der Waals surface area contributed by atoms with E-state index in [9.17, 15) is 9.59 Å². The summed E-state index contributed by atoms with van der Waals surface area (Å²) < 4.78 is 0. The Morgan fingerprint density at radius 1 is 1.40 bits per heavy atom. The first-order valence-electron chi connectivity index (χ1n) is 7.27. The summed E-state index contributed by atoms with van der Waals surface area (Å²) in [7, 11) is 2.08. The van der Waals surface area contributed by atoms with Crippen LogP contribution >= 0.6 is 0 Å². The van der Waals surface area contributed by atoms with E-state index in [1.807, 2.05) is 13.8 Å². The molecular formula is C14H27N3O3. The number of likely N-dealkylation sites (tertiary alicyclic amines) is 1. The van der Waals surface area contributed by atoms with Crippen molar-refractivity contribution in [2.24, 2.45) is 17.8 Å². The highest BCUT2D eigenvalue weighted by molar-refractivity contribution is 5.76. The maximum Gasteiger partial charge on any atom is 0.315 e. The van der Waals surface area contributed by atoms with Gasteiger partial charge in [-0.2, -0.15) is 0 Å². The molecule has 0 saturated carbocycles. The Morgan fingerprint density at radius 2 is 2.05 bits per heavy atom. The molecule has 3 atom stereocenters. The molecule has 3 N–H and O–H groups in total. The lowest BCUT2D eigenvalue weighted by molar-refractivity contribution is -0.142. The molecule has 6 nitrogen and oxygen atoms in total. The topological polar surface area (TPSA) is 81.7 Å². The number of hydrogen-bond donors (Lipinski definition) is 3. The highest BCUT2D eigenvalue weighted by Crippen LogP contribution is 2.15. The smallest absolute Gasteiger partial charge is 0.315 e. The predicted octanol–water partition coefficient (Wildman–Crippen LogP) is 0.983. The number of carboxylic acid groups (broad SMARTS) is 1. The van der Waals surface area contributed by atoms with Crippen LogP contribution in [0.25, 0.3) is 0 Å². The SMILES string of the molecule is CC(C)C(CNC(=O)NC1CCN(C)CC1C)C(=O)O. The average molecular weight is 285 g/mol. The van der Waals surface area contributed by atoms with Crippen molar-refractivity contribution < 1.29 is 14.7 Å². The Labute approximate surface area is 120 Å². The van der Waals surface area contributed by atoms with Gasteiger partial charge in [0.2, 0.25) is 0 Å². The van der Waals surface area contributed by atoms with Gasteiger partial charge in [-0.1, -0.05) is 20.8 Å². The first-order valence-corrected chi connectivity index (χ1v) is 7.27. The van der Waals surface area contributed by atoms with Gasteiger partial charge in [0.25, 0.3) is 0 Å². The second-order valence-electron chi connectivity index (χ2n) is 6.18. The van der Waals surface area contributed by atoms with E-state index in [0.717, 1.165) is 19.5 Å². The van der Waals surface area contributed by atoms with Crippen LogP contribution in [0.3, 0.4) is 0 Å². The van der Waals surface area contributed by atoms with Crippen LogP contribution in [0.2, 0.25) is 0 Å². The fraction of sp³-hybridized carbons (Fsp3) is 0.857. The number of hydrogen-bond acceptors (Lipinski definition) is 3. The van der Waals surface area contributed by atoms with Gasteiger partial charge in [-0.05, 0) is 31.8 Å². The molecule has 20 heavy (non-hydrogen) atoms. The molecule has 0 aromatic carbocycles. The summed E-state index contributed by atoms with van der Waals surface area (Å²) in [6.07, 6.45) is 0.928. The third-order valence-electron chi connectivity index (χ3n) is 4.03. The van der Waals surface area contributed by atoms with Crippen molar-refractivity contribution in [3.63, 3.8) is 0 Å². The molecule has 1 heterocycles. The van der Waals surface area contributed by atoms with Crippen molar-refractivity contribution in [3.8, 4) is 0 Å². The van der Waals surface area contributed by atoms with E-state index in [-0.39, 0.29) is 24.5 Å². The van der Waals surface area contributed by atoms with Gasteiger partial charge in [-0.3, -0.25) is 4.79 Å². The minimum Gasteiger partial charge on any atom is -0.481 e. The number of carbonyl (C=O) groups is 2. The predicted molar refractivity (Wildman–Crippen MR) is 77.6 cm³/mol. The fourth-order valence-corrected chi connectivity index (χ4v) is 2.60. The van der Waals surface area contributed by atoms with E-state index in [1.54, 1.807) is 0 Å². The molecule has 0 spiro atoms. The second-order valence-corrected chi connectivity index (χ2v) is 6.18. The molecule has 2 amide bonds. The van der Waals surface area contributed by atoms with Crippen molar-refractivity contribution >= 4 is 12.0 Å². The molecule has 1 rings (SSSR count). The van der Waals surface area contributed by atoms with Crippen LogP contribution < -0.4 is 10.6 Å². The van der Waals surface area contributed by atoms with Crippen LogP contribution in [0.1, 0.15) is 27.2 Å². The molecule has 1 fully saturated rings.